The highest BCUT2D eigenvalue weighted by Crippen LogP contribution is 2.21. The summed E-state index contributed by atoms with van der Waals surface area (Å²) in [6.45, 7) is 7.72. The summed E-state index contributed by atoms with van der Waals surface area (Å²) in [5.41, 5.74) is 4.34. The number of hydrogen-bond donors (Lipinski definition) is 1. The Labute approximate surface area is 136 Å². The van der Waals surface area contributed by atoms with Gasteiger partial charge >= 0.3 is 5.97 Å². The van der Waals surface area contributed by atoms with E-state index in [4.69, 9.17) is 4.74 Å². The molecule has 0 bridgehead atoms. The molecule has 0 unspecified atom stereocenters. The second kappa shape index (κ2) is 7.09. The van der Waals surface area contributed by atoms with Crippen LogP contribution in [0.5, 0.6) is 0 Å². The summed E-state index contributed by atoms with van der Waals surface area (Å²) in [7, 11) is 0. The number of nitrogens with one attached hydrogen (secondary N) is 1. The van der Waals surface area contributed by atoms with Gasteiger partial charge in [-0.15, -0.1) is 0 Å². The number of carbonyl (C=O) groups is 2. The van der Waals surface area contributed by atoms with Gasteiger partial charge in [0, 0.05) is 11.3 Å². The average molecular weight is 311 g/mol. The minimum atomic E-state index is -0.382. The maximum Gasteiger partial charge on any atom is 0.338 e. The van der Waals surface area contributed by atoms with Gasteiger partial charge in [-0.3, -0.25) is 4.79 Å². The molecule has 2 rings (SSSR count). The number of rotatable bonds is 4. The van der Waals surface area contributed by atoms with E-state index in [0.29, 0.717) is 29.0 Å². The Hall–Kier alpha value is -2.62. The van der Waals surface area contributed by atoms with Crippen molar-refractivity contribution in [2.45, 2.75) is 27.7 Å². The predicted molar refractivity (Wildman–Crippen MR) is 91.0 cm³/mol. The molecular weight excluding hydrogens is 290 g/mol. The first-order valence-electron chi connectivity index (χ1n) is 7.59. The van der Waals surface area contributed by atoms with Crippen LogP contribution in [0.1, 0.15) is 44.3 Å². The molecule has 0 saturated heterocycles. The fraction of sp³-hybridized carbons (Fsp3) is 0.263. The zero-order valence-corrected chi connectivity index (χ0v) is 13.9. The highest BCUT2D eigenvalue weighted by molar-refractivity contribution is 6.06. The van der Waals surface area contributed by atoms with Crippen LogP contribution >= 0.6 is 0 Å². The van der Waals surface area contributed by atoms with Crippen LogP contribution in [0, 0.1) is 20.8 Å². The van der Waals surface area contributed by atoms with Gasteiger partial charge in [-0.05, 0) is 57.0 Å². The van der Waals surface area contributed by atoms with E-state index in [9.17, 15) is 9.59 Å². The number of anilines is 1. The van der Waals surface area contributed by atoms with Crippen molar-refractivity contribution in [2.75, 3.05) is 11.9 Å². The molecule has 0 aromatic heterocycles. The molecule has 0 heterocycles. The first-order valence-corrected chi connectivity index (χ1v) is 7.59. The molecule has 4 nitrogen and oxygen atoms in total. The fourth-order valence-electron chi connectivity index (χ4n) is 2.37. The van der Waals surface area contributed by atoms with Crippen LogP contribution in [-0.4, -0.2) is 18.5 Å². The van der Waals surface area contributed by atoms with Crippen LogP contribution in [0.2, 0.25) is 0 Å². The number of ether oxygens (including phenoxy) is 1. The Bertz CT molecular complexity index is 750. The number of carbonyl (C=O) groups excluding carboxylic acids is 2. The molecule has 0 fully saturated rings. The Kier molecular flexibility index (Phi) is 5.16. The normalized spacial score (nSPS) is 10.3. The van der Waals surface area contributed by atoms with Crippen LogP contribution in [0.15, 0.2) is 36.4 Å². The number of hydrogen-bond acceptors (Lipinski definition) is 3. The van der Waals surface area contributed by atoms with E-state index < -0.39 is 0 Å². The lowest BCUT2D eigenvalue weighted by molar-refractivity contribution is 0.0525. The lowest BCUT2D eigenvalue weighted by atomic mass is 10.0. The van der Waals surface area contributed by atoms with Crippen LogP contribution in [-0.2, 0) is 4.74 Å². The van der Waals surface area contributed by atoms with Gasteiger partial charge in [0.15, 0.2) is 0 Å². The third-order valence-electron chi connectivity index (χ3n) is 3.72. The van der Waals surface area contributed by atoms with Crippen molar-refractivity contribution in [3.63, 3.8) is 0 Å². The molecule has 0 spiro atoms. The van der Waals surface area contributed by atoms with E-state index in [-0.39, 0.29) is 11.9 Å². The van der Waals surface area contributed by atoms with Crippen molar-refractivity contribution in [1.82, 2.24) is 0 Å². The monoisotopic (exact) mass is 311 g/mol. The molecule has 0 aliphatic carbocycles. The van der Waals surface area contributed by atoms with Crippen LogP contribution in [0.4, 0.5) is 5.69 Å². The highest BCUT2D eigenvalue weighted by Gasteiger charge is 2.15. The van der Waals surface area contributed by atoms with E-state index in [2.05, 4.69) is 5.32 Å². The molecule has 0 aliphatic heterocycles. The molecule has 2 aromatic carbocycles. The quantitative estimate of drug-likeness (QED) is 0.867. The number of esters is 1. The van der Waals surface area contributed by atoms with Gasteiger partial charge < -0.3 is 10.1 Å². The summed E-state index contributed by atoms with van der Waals surface area (Å²) in [6, 6.07) is 11.0. The molecule has 1 N–H and O–H groups in total. The summed E-state index contributed by atoms with van der Waals surface area (Å²) < 4.78 is 5.04. The molecule has 4 heteroatoms. The van der Waals surface area contributed by atoms with E-state index in [1.165, 1.54) is 0 Å². The van der Waals surface area contributed by atoms with E-state index in [1.54, 1.807) is 32.0 Å². The summed E-state index contributed by atoms with van der Waals surface area (Å²) in [6.07, 6.45) is 0. The maximum atomic E-state index is 12.5. The van der Waals surface area contributed by atoms with Crippen molar-refractivity contribution in [3.8, 4) is 0 Å². The van der Waals surface area contributed by atoms with Gasteiger partial charge in [0.2, 0.25) is 0 Å². The van der Waals surface area contributed by atoms with Crippen molar-refractivity contribution < 1.29 is 14.3 Å². The van der Waals surface area contributed by atoms with E-state index in [1.807, 2.05) is 32.0 Å². The topological polar surface area (TPSA) is 55.4 Å². The number of benzene rings is 2. The van der Waals surface area contributed by atoms with Crippen LogP contribution in [0.3, 0.4) is 0 Å². The zero-order chi connectivity index (χ0) is 17.0. The predicted octanol–water partition coefficient (Wildman–Crippen LogP) is 4.04. The molecule has 0 saturated carbocycles. The maximum absolute atomic E-state index is 12.5. The molecule has 0 radical (unpaired) electrons. The molecule has 120 valence electrons. The van der Waals surface area contributed by atoms with Crippen LogP contribution in [0.25, 0.3) is 0 Å². The summed E-state index contributed by atoms with van der Waals surface area (Å²) >= 11 is 0. The Morgan fingerprint density at radius 1 is 1.04 bits per heavy atom. The Balaban J connectivity index is 2.30. The number of amides is 1. The summed E-state index contributed by atoms with van der Waals surface area (Å²) in [5.74, 6) is -0.567. The number of aryl methyl sites for hydroxylation is 2. The van der Waals surface area contributed by atoms with Crippen LogP contribution < -0.4 is 5.32 Å². The molecule has 0 atom stereocenters. The van der Waals surface area contributed by atoms with Crippen molar-refractivity contribution in [2.24, 2.45) is 0 Å². The van der Waals surface area contributed by atoms with E-state index in [0.717, 1.165) is 11.1 Å². The fourth-order valence-corrected chi connectivity index (χ4v) is 2.37. The summed E-state index contributed by atoms with van der Waals surface area (Å²) in [4.78, 5) is 24.5. The largest absolute Gasteiger partial charge is 0.462 e. The molecule has 0 aliphatic rings. The molecule has 23 heavy (non-hydrogen) atoms. The van der Waals surface area contributed by atoms with Gasteiger partial charge in [0.05, 0.1) is 12.2 Å². The SMILES string of the molecule is CCOC(=O)c1cccc(NC(=O)c2cc(C)ccc2C)c1C. The second-order valence-corrected chi connectivity index (χ2v) is 5.47. The summed E-state index contributed by atoms with van der Waals surface area (Å²) in [5, 5.41) is 2.89. The smallest absolute Gasteiger partial charge is 0.338 e. The van der Waals surface area contributed by atoms with Gasteiger partial charge in [0.1, 0.15) is 0 Å². The van der Waals surface area contributed by atoms with Gasteiger partial charge in [0.25, 0.3) is 5.91 Å². The standard InChI is InChI=1S/C19H21NO3/c1-5-23-19(22)15-7-6-8-17(14(15)4)20-18(21)16-11-12(2)9-10-13(16)3/h6-11H,5H2,1-4H3,(H,20,21). The van der Waals surface area contributed by atoms with E-state index >= 15 is 0 Å². The molecular formula is C19H21NO3. The van der Waals surface area contributed by atoms with Gasteiger partial charge in [-0.1, -0.05) is 23.8 Å². The minimum Gasteiger partial charge on any atom is -0.462 e. The molecule has 2 aromatic rings. The third kappa shape index (κ3) is 3.77. The second-order valence-electron chi connectivity index (χ2n) is 5.47. The lowest BCUT2D eigenvalue weighted by Gasteiger charge is -2.13. The average Bonchev–Trinajstić information content (AvgIpc) is 2.51. The zero-order valence-electron chi connectivity index (χ0n) is 13.9. The Morgan fingerprint density at radius 3 is 2.48 bits per heavy atom. The lowest BCUT2D eigenvalue weighted by Crippen LogP contribution is -2.16. The van der Waals surface area contributed by atoms with Gasteiger partial charge in [-0.25, -0.2) is 4.79 Å². The van der Waals surface area contributed by atoms with Crippen molar-refractivity contribution in [1.29, 1.82) is 0 Å². The third-order valence-corrected chi connectivity index (χ3v) is 3.72. The first-order chi connectivity index (χ1) is 10.9. The minimum absolute atomic E-state index is 0.185. The highest BCUT2D eigenvalue weighted by atomic mass is 16.5. The van der Waals surface area contributed by atoms with Crippen molar-refractivity contribution in [3.05, 3.63) is 64.2 Å². The van der Waals surface area contributed by atoms with Crippen molar-refractivity contribution >= 4 is 17.6 Å². The first kappa shape index (κ1) is 16.7. The molecule has 1 amide bonds. The van der Waals surface area contributed by atoms with Gasteiger partial charge in [-0.2, -0.15) is 0 Å². The Morgan fingerprint density at radius 2 is 1.78 bits per heavy atom.